The zero-order chi connectivity index (χ0) is 27.8. The van der Waals surface area contributed by atoms with Gasteiger partial charge in [0.05, 0.1) is 6.04 Å². The van der Waals surface area contributed by atoms with Gasteiger partial charge >= 0.3 is 0 Å². The molecule has 0 bridgehead atoms. The van der Waals surface area contributed by atoms with Crippen LogP contribution in [0.15, 0.2) is 97.1 Å². The van der Waals surface area contributed by atoms with Gasteiger partial charge in [-0.2, -0.15) is 0 Å². The molecule has 2 heterocycles. The van der Waals surface area contributed by atoms with E-state index in [0.29, 0.717) is 43.5 Å². The largest absolute Gasteiger partial charge is 0.352 e. The lowest BCUT2D eigenvalue weighted by atomic mass is 9.64. The summed E-state index contributed by atoms with van der Waals surface area (Å²) in [5.41, 5.74) is 1.12. The quantitative estimate of drug-likeness (QED) is 0.190. The Bertz CT molecular complexity index is 1750. The average Bonchev–Trinajstić information content (AvgIpc) is 3.39. The first-order valence-electron chi connectivity index (χ1n) is 12.8. The molecule has 7 rings (SSSR count). The molecule has 1 fully saturated rings. The molecule has 1 aliphatic carbocycles. The van der Waals surface area contributed by atoms with Crippen LogP contribution in [0.5, 0.6) is 0 Å². The molecule has 0 radical (unpaired) electrons. The molecule has 2 aliphatic heterocycles. The smallest absolute Gasteiger partial charge is 0.185 e. The Balaban J connectivity index is 1.55. The van der Waals surface area contributed by atoms with E-state index in [0.717, 1.165) is 0 Å². The van der Waals surface area contributed by atoms with Crippen molar-refractivity contribution in [2.45, 2.75) is 18.0 Å². The number of rotatable bonds is 3. The van der Waals surface area contributed by atoms with Crippen LogP contribution in [0.25, 0.3) is 6.08 Å². The van der Waals surface area contributed by atoms with Crippen molar-refractivity contribution in [1.29, 1.82) is 0 Å². The maximum absolute atomic E-state index is 14.6. The summed E-state index contributed by atoms with van der Waals surface area (Å²) < 4.78 is 14.3. The normalized spacial score (nSPS) is 21.9. The predicted molar refractivity (Wildman–Crippen MR) is 153 cm³/mol. The second-order valence-electron chi connectivity index (χ2n) is 10.3. The van der Waals surface area contributed by atoms with Gasteiger partial charge in [0, 0.05) is 43.9 Å². The van der Waals surface area contributed by atoms with Crippen molar-refractivity contribution in [3.8, 4) is 0 Å². The monoisotopic (exact) mass is 567 g/mol. The predicted octanol–water partition coefficient (Wildman–Crippen LogP) is 7.45. The van der Waals surface area contributed by atoms with Crippen LogP contribution in [0.1, 0.15) is 48.1 Å². The molecule has 4 nitrogen and oxygen atoms in total. The topological polar surface area (TPSA) is 54.5 Å². The Kier molecular flexibility index (Phi) is 5.60. The van der Waals surface area contributed by atoms with Crippen LogP contribution < -0.4 is 4.90 Å². The number of hydrogen-bond acceptors (Lipinski definition) is 4. The SMILES string of the molecule is O=C(c1ccc(Cl)cc1)[C@@H]1[C@@H](c2cccc(Cl)c2)C2(C(=O)c3ccccc3C2=O)[C@H]2C=Cc3cc(F)ccc3N12. The minimum atomic E-state index is -1.65. The Morgan fingerprint density at radius 1 is 0.800 bits per heavy atom. The summed E-state index contributed by atoms with van der Waals surface area (Å²) in [7, 11) is 0. The molecule has 4 aromatic carbocycles. The van der Waals surface area contributed by atoms with Gasteiger partial charge in [-0.1, -0.05) is 71.8 Å². The molecule has 0 unspecified atom stereocenters. The number of fused-ring (bicyclic) bond motifs is 5. The second kappa shape index (κ2) is 8.98. The number of carbonyl (C=O) groups is 3. The van der Waals surface area contributed by atoms with E-state index in [2.05, 4.69) is 0 Å². The van der Waals surface area contributed by atoms with Crippen LogP contribution in [0.2, 0.25) is 10.0 Å². The standard InChI is InChI=1S/C33H20Cl2FNO3/c34-21-11-8-18(9-12-21)30(38)29-28(20-4-3-5-22(35)16-20)33(31(39)24-6-1-2-7-25(24)32(33)40)27-15-10-19-17-23(36)13-14-26(19)37(27)29/h1-17,27-29H/t27-,28-,29+/m1/s1. The Labute approximate surface area is 239 Å². The first-order chi connectivity index (χ1) is 19.3. The van der Waals surface area contributed by atoms with Crippen LogP contribution >= 0.6 is 23.2 Å². The van der Waals surface area contributed by atoms with Crippen LogP contribution in [0.3, 0.4) is 0 Å². The minimum absolute atomic E-state index is 0.286. The lowest BCUT2D eigenvalue weighted by Crippen LogP contribution is -2.48. The zero-order valence-corrected chi connectivity index (χ0v) is 22.4. The van der Waals surface area contributed by atoms with Crippen molar-refractivity contribution >= 4 is 52.3 Å². The summed E-state index contributed by atoms with van der Waals surface area (Å²) in [6.45, 7) is 0. The van der Waals surface area contributed by atoms with Gasteiger partial charge in [-0.3, -0.25) is 14.4 Å². The molecule has 1 saturated heterocycles. The van der Waals surface area contributed by atoms with Crippen LogP contribution in [-0.2, 0) is 0 Å². The van der Waals surface area contributed by atoms with E-state index >= 15 is 0 Å². The molecule has 3 atom stereocenters. The van der Waals surface area contributed by atoms with Gasteiger partial charge in [0.15, 0.2) is 17.3 Å². The zero-order valence-electron chi connectivity index (χ0n) is 20.9. The van der Waals surface area contributed by atoms with E-state index in [4.69, 9.17) is 23.2 Å². The van der Waals surface area contributed by atoms with E-state index in [1.54, 1.807) is 91.0 Å². The van der Waals surface area contributed by atoms with Crippen molar-refractivity contribution in [2.24, 2.45) is 5.41 Å². The van der Waals surface area contributed by atoms with Gasteiger partial charge in [-0.15, -0.1) is 0 Å². The lowest BCUT2D eigenvalue weighted by Gasteiger charge is -2.37. The molecule has 40 heavy (non-hydrogen) atoms. The van der Waals surface area contributed by atoms with Crippen LogP contribution in [0.4, 0.5) is 10.1 Å². The highest BCUT2D eigenvalue weighted by atomic mass is 35.5. The second-order valence-corrected chi connectivity index (χ2v) is 11.2. The van der Waals surface area contributed by atoms with E-state index in [-0.39, 0.29) is 17.3 Å². The number of ketones is 3. The van der Waals surface area contributed by atoms with E-state index in [1.165, 1.54) is 12.1 Å². The summed E-state index contributed by atoms with van der Waals surface area (Å²) in [5, 5.41) is 0.894. The van der Waals surface area contributed by atoms with Crippen molar-refractivity contribution < 1.29 is 18.8 Å². The molecule has 1 spiro atoms. The highest BCUT2D eigenvalue weighted by molar-refractivity contribution is 6.33. The molecular weight excluding hydrogens is 548 g/mol. The van der Waals surface area contributed by atoms with Crippen molar-refractivity contribution in [3.63, 3.8) is 0 Å². The number of halogens is 3. The number of Topliss-reactive ketones (excluding diaryl/α,β-unsaturated/α-hetero) is 3. The first-order valence-corrected chi connectivity index (χ1v) is 13.6. The Morgan fingerprint density at radius 3 is 2.17 bits per heavy atom. The maximum Gasteiger partial charge on any atom is 0.185 e. The molecule has 0 aromatic heterocycles. The van der Waals surface area contributed by atoms with Gasteiger partial charge in [-0.25, -0.2) is 4.39 Å². The summed E-state index contributed by atoms with van der Waals surface area (Å²) in [6.07, 6.45) is 3.49. The molecule has 7 heteroatoms. The molecule has 0 N–H and O–H groups in total. The number of benzene rings is 4. The fourth-order valence-corrected chi connectivity index (χ4v) is 7.13. The third-order valence-corrected chi connectivity index (χ3v) is 8.86. The van der Waals surface area contributed by atoms with Crippen molar-refractivity contribution in [2.75, 3.05) is 4.90 Å². The van der Waals surface area contributed by atoms with E-state index in [9.17, 15) is 18.8 Å². The molecule has 196 valence electrons. The number of carbonyl (C=O) groups excluding carboxylic acids is 3. The van der Waals surface area contributed by atoms with Gasteiger partial charge in [0.2, 0.25) is 0 Å². The lowest BCUT2D eigenvalue weighted by molar-refractivity contribution is 0.0666. The van der Waals surface area contributed by atoms with Crippen molar-refractivity contribution in [3.05, 3.63) is 141 Å². The van der Waals surface area contributed by atoms with E-state index < -0.39 is 29.2 Å². The highest BCUT2D eigenvalue weighted by Gasteiger charge is 2.71. The third-order valence-electron chi connectivity index (χ3n) is 8.37. The van der Waals surface area contributed by atoms with Crippen molar-refractivity contribution in [1.82, 2.24) is 0 Å². The summed E-state index contributed by atoms with van der Waals surface area (Å²) in [6, 6.07) is 22.8. The number of nitrogens with zero attached hydrogens (tertiary/aromatic N) is 1. The van der Waals surface area contributed by atoms with Gasteiger partial charge < -0.3 is 4.90 Å². The Hall–Kier alpha value is -4.06. The molecule has 3 aliphatic rings. The van der Waals surface area contributed by atoms with Gasteiger partial charge in [0.25, 0.3) is 0 Å². The van der Waals surface area contributed by atoms with Gasteiger partial charge in [-0.05, 0) is 60.2 Å². The number of anilines is 1. The Morgan fingerprint density at radius 2 is 1.50 bits per heavy atom. The number of hydrogen-bond donors (Lipinski definition) is 0. The van der Waals surface area contributed by atoms with Crippen LogP contribution in [-0.4, -0.2) is 29.4 Å². The maximum atomic E-state index is 14.6. The summed E-state index contributed by atoms with van der Waals surface area (Å²) in [5.74, 6) is -2.29. The summed E-state index contributed by atoms with van der Waals surface area (Å²) >= 11 is 12.6. The molecule has 0 amide bonds. The fraction of sp³-hybridized carbons (Fsp3) is 0.121. The summed E-state index contributed by atoms with van der Waals surface area (Å²) in [4.78, 5) is 45.5. The minimum Gasteiger partial charge on any atom is -0.352 e. The van der Waals surface area contributed by atoms with Crippen LogP contribution in [0, 0.1) is 11.2 Å². The van der Waals surface area contributed by atoms with E-state index in [1.807, 2.05) is 4.90 Å². The molecule has 0 saturated carbocycles. The molecular formula is C33H20Cl2FNO3. The first kappa shape index (κ1) is 24.9. The fourth-order valence-electron chi connectivity index (χ4n) is 6.81. The molecule has 4 aromatic rings. The average molecular weight is 568 g/mol. The van der Waals surface area contributed by atoms with Gasteiger partial charge in [0.1, 0.15) is 17.3 Å². The highest BCUT2D eigenvalue weighted by Crippen LogP contribution is 2.61. The third kappa shape index (κ3) is 3.34.